The average Bonchev–Trinajstić information content (AvgIpc) is 3.71. The van der Waals surface area contributed by atoms with Gasteiger partial charge in [-0.25, -0.2) is 0 Å². The van der Waals surface area contributed by atoms with Crippen molar-refractivity contribution in [2.45, 2.75) is 135 Å². The molecule has 2 aliphatic carbocycles. The Labute approximate surface area is 271 Å². The molecular weight excluding hydrogens is 657 g/mol. The molecule has 260 valence electrons. The molecule has 6 unspecified atom stereocenters. The first kappa shape index (κ1) is 34.8. The van der Waals surface area contributed by atoms with Crippen molar-refractivity contribution in [2.24, 2.45) is 23.7 Å². The van der Waals surface area contributed by atoms with Gasteiger partial charge < -0.3 is 0 Å². The summed E-state index contributed by atoms with van der Waals surface area (Å²) in [5.41, 5.74) is 0. The second-order valence-electron chi connectivity index (χ2n) is 14.7. The van der Waals surface area contributed by atoms with E-state index in [1.165, 1.54) is 0 Å². The molecule has 6 rings (SSSR count). The quantitative estimate of drug-likeness (QED) is 0.191. The van der Waals surface area contributed by atoms with Crippen LogP contribution in [0.25, 0.3) is 0 Å². The van der Waals surface area contributed by atoms with Crippen molar-refractivity contribution in [1.29, 1.82) is 0 Å². The van der Waals surface area contributed by atoms with Crippen molar-refractivity contribution in [3.05, 3.63) is 0 Å². The fourth-order valence-electron chi connectivity index (χ4n) is 9.49. The van der Waals surface area contributed by atoms with E-state index in [1.54, 1.807) is 0 Å². The molecule has 6 fully saturated rings. The molecule has 0 bridgehead atoms. The third kappa shape index (κ3) is 7.45. The summed E-state index contributed by atoms with van der Waals surface area (Å²) in [6.07, 6.45) is -0.0509. The van der Waals surface area contributed by atoms with Gasteiger partial charge in [0.05, 0.1) is 0 Å². The molecular formula is C32H54F2N2O8Se. The molecule has 2 saturated carbocycles. The Morgan fingerprint density at radius 2 is 1.00 bits per heavy atom. The van der Waals surface area contributed by atoms with Crippen molar-refractivity contribution in [2.75, 3.05) is 39.4 Å². The van der Waals surface area contributed by atoms with Crippen LogP contribution in [-0.2, 0) is 9.47 Å². The summed E-state index contributed by atoms with van der Waals surface area (Å²) < 4.78 is 40.5. The molecule has 13 heteroatoms. The predicted octanol–water partition coefficient (Wildman–Crippen LogP) is 0.00620. The molecule has 16 atom stereocenters. The van der Waals surface area contributed by atoms with E-state index in [4.69, 9.17) is 9.47 Å². The molecule has 0 radical (unpaired) electrons. The van der Waals surface area contributed by atoms with E-state index in [2.05, 4.69) is 9.80 Å². The van der Waals surface area contributed by atoms with Gasteiger partial charge in [0.1, 0.15) is 0 Å². The molecule has 4 heterocycles. The summed E-state index contributed by atoms with van der Waals surface area (Å²) in [5, 5.41) is 64.3. The van der Waals surface area contributed by atoms with Crippen LogP contribution < -0.4 is 0 Å². The summed E-state index contributed by atoms with van der Waals surface area (Å²) >= 11 is -0.718. The number of likely N-dealkylation sites (tertiary alicyclic amines) is 2. The normalized spacial score (nSPS) is 50.7. The van der Waals surface area contributed by atoms with Crippen molar-refractivity contribution in [1.82, 2.24) is 9.80 Å². The van der Waals surface area contributed by atoms with Crippen LogP contribution in [0.3, 0.4) is 0 Å². The number of hydrogen-bond acceptors (Lipinski definition) is 10. The molecule has 45 heavy (non-hydrogen) atoms. The van der Waals surface area contributed by atoms with Crippen LogP contribution in [-0.4, -0.2) is 166 Å². The van der Waals surface area contributed by atoms with E-state index < -0.39 is 99.2 Å². The van der Waals surface area contributed by atoms with Gasteiger partial charge in [0, 0.05) is 0 Å². The second-order valence-corrected chi connectivity index (χ2v) is 17.2. The molecule has 4 saturated heterocycles. The van der Waals surface area contributed by atoms with Crippen molar-refractivity contribution < 1.29 is 48.9 Å². The number of alkyl halides is 2. The van der Waals surface area contributed by atoms with Crippen LogP contribution in [0.15, 0.2) is 0 Å². The van der Waals surface area contributed by atoms with Gasteiger partial charge in [-0.05, 0) is 0 Å². The first-order valence-electron chi connectivity index (χ1n) is 17.3. The van der Waals surface area contributed by atoms with E-state index in [0.29, 0.717) is 51.9 Å². The minimum atomic E-state index is -1.13. The Morgan fingerprint density at radius 3 is 1.38 bits per heavy atom. The summed E-state index contributed by atoms with van der Waals surface area (Å²) in [5.74, 6) is 1.14. The van der Waals surface area contributed by atoms with Gasteiger partial charge in [0.2, 0.25) is 0 Å². The molecule has 0 aromatic heterocycles. The maximum absolute atomic E-state index is 14.2. The fourth-order valence-corrected chi connectivity index (χ4v) is 12.3. The van der Waals surface area contributed by atoms with Gasteiger partial charge in [0.25, 0.3) is 0 Å². The second kappa shape index (κ2) is 15.3. The molecule has 10 nitrogen and oxygen atoms in total. The standard InChI is InChI=1S/C32H54F2N2O8Se/c33-21-5-1-3-17(11-21)19-7-9-35(13-19)25-27(39)23(15-37)43-31(29(25)41)45-32-30(42)26(28(40)24(16-38)44-32)36-10-8-20(14-36)18-4-2-6-22(34)12-18/h17-32,37-42H,1-16H2/t17?,18?,19?,20?,21?,22?,23-,24-,25+,26+,27+,28+,29-,30-,31+,32+/m1/s1. The fraction of sp³-hybridized carbons (Fsp3) is 1.00. The van der Waals surface area contributed by atoms with E-state index in [0.717, 1.165) is 38.5 Å². The van der Waals surface area contributed by atoms with Gasteiger partial charge in [-0.3, -0.25) is 0 Å². The van der Waals surface area contributed by atoms with Crippen molar-refractivity contribution in [3.8, 4) is 0 Å². The van der Waals surface area contributed by atoms with Gasteiger partial charge in [-0.15, -0.1) is 0 Å². The molecule has 0 aromatic carbocycles. The minimum absolute atomic E-state index is 0.284. The monoisotopic (exact) mass is 712 g/mol. The Bertz CT molecular complexity index is 891. The zero-order chi connectivity index (χ0) is 31.8. The number of halogens is 2. The number of nitrogens with zero attached hydrogens (tertiary/aromatic N) is 2. The van der Waals surface area contributed by atoms with Gasteiger partial charge >= 0.3 is 272 Å². The number of ether oxygens (including phenoxy) is 2. The molecule has 0 aromatic rings. The topological polar surface area (TPSA) is 146 Å². The van der Waals surface area contributed by atoms with E-state index in [1.807, 2.05) is 0 Å². The third-order valence-electron chi connectivity index (χ3n) is 12.0. The molecule has 0 amide bonds. The zero-order valence-corrected chi connectivity index (χ0v) is 27.8. The summed E-state index contributed by atoms with van der Waals surface area (Å²) in [4.78, 5) is 4.13. The average molecular weight is 712 g/mol. The predicted molar refractivity (Wildman–Crippen MR) is 162 cm³/mol. The first-order valence-corrected chi connectivity index (χ1v) is 19.3. The van der Waals surface area contributed by atoms with Crippen molar-refractivity contribution in [3.63, 3.8) is 0 Å². The summed E-state index contributed by atoms with van der Waals surface area (Å²) in [6.45, 7) is 1.70. The number of aliphatic hydroxyl groups is 6. The number of hydrogen-bond donors (Lipinski definition) is 6. The van der Waals surface area contributed by atoms with E-state index in [9.17, 15) is 39.4 Å². The molecule has 6 N–H and O–H groups in total. The van der Waals surface area contributed by atoms with Crippen molar-refractivity contribution >= 4 is 15.0 Å². The Morgan fingerprint density at radius 1 is 0.578 bits per heavy atom. The number of rotatable bonds is 8. The maximum atomic E-state index is 14.2. The van der Waals surface area contributed by atoms with Crippen LogP contribution in [0, 0.1) is 23.7 Å². The Kier molecular flexibility index (Phi) is 11.8. The Hall–Kier alpha value is -0.0205. The molecule has 0 spiro atoms. The third-order valence-corrected chi connectivity index (χ3v) is 14.7. The van der Waals surface area contributed by atoms with Gasteiger partial charge in [-0.1, -0.05) is 0 Å². The first-order chi connectivity index (χ1) is 21.7. The zero-order valence-electron chi connectivity index (χ0n) is 26.1. The van der Waals surface area contributed by atoms with Crippen LogP contribution in [0.1, 0.15) is 64.2 Å². The van der Waals surface area contributed by atoms with Crippen LogP contribution in [0.2, 0.25) is 0 Å². The summed E-state index contributed by atoms with van der Waals surface area (Å²) in [6, 6.07) is -1.38. The SMILES string of the molecule is OC[C@H]1O[C@@H]([Se][C@@H]2O[C@H](CO)[C@H](O)[C@H](N3CCC(C4CCCC(F)C4)C3)[C@H]2O)[C@H](O)[C@@H](N2CCC(C3CCCC(F)C3)C2)[C@H]1O. The molecule has 6 aliphatic rings. The van der Waals surface area contributed by atoms with E-state index >= 15 is 0 Å². The van der Waals surface area contributed by atoms with Gasteiger partial charge in [-0.2, -0.15) is 0 Å². The van der Waals surface area contributed by atoms with Crippen LogP contribution >= 0.6 is 0 Å². The Balaban J connectivity index is 1.13. The summed E-state index contributed by atoms with van der Waals surface area (Å²) in [7, 11) is 0. The van der Waals surface area contributed by atoms with Crippen LogP contribution in [0.5, 0.6) is 0 Å². The number of aliphatic hydroxyl groups excluding tert-OH is 6. The molecule has 4 aliphatic heterocycles. The van der Waals surface area contributed by atoms with Gasteiger partial charge in [0.15, 0.2) is 0 Å². The van der Waals surface area contributed by atoms with E-state index in [-0.39, 0.29) is 23.7 Å². The van der Waals surface area contributed by atoms with Crippen LogP contribution in [0.4, 0.5) is 8.78 Å².